The first-order valence-corrected chi connectivity index (χ1v) is 9.12. The summed E-state index contributed by atoms with van der Waals surface area (Å²) in [4.78, 5) is 4.48. The molecule has 0 radical (unpaired) electrons. The number of pyridine rings is 1. The van der Waals surface area contributed by atoms with Gasteiger partial charge in [-0.3, -0.25) is 0 Å². The molecule has 1 aliphatic heterocycles. The van der Waals surface area contributed by atoms with E-state index in [1.54, 1.807) is 0 Å². The predicted molar refractivity (Wildman–Crippen MR) is 87.3 cm³/mol. The second kappa shape index (κ2) is 6.20. The Balaban J connectivity index is 1.72. The SMILES string of the molecule is Cc1cccn2cc(CNS(=O)(=O)N3CC(C)OC(C)C3)nc12. The minimum atomic E-state index is -3.54. The van der Waals surface area contributed by atoms with Crippen LogP contribution in [0.5, 0.6) is 0 Å². The van der Waals surface area contributed by atoms with Crippen LogP contribution >= 0.6 is 0 Å². The van der Waals surface area contributed by atoms with Crippen molar-refractivity contribution in [3.8, 4) is 0 Å². The number of imidazole rings is 1. The zero-order valence-electron chi connectivity index (χ0n) is 13.6. The van der Waals surface area contributed by atoms with Crippen molar-refractivity contribution in [2.75, 3.05) is 13.1 Å². The Bertz CT molecular complexity index is 792. The molecule has 2 aromatic rings. The molecule has 3 heterocycles. The first kappa shape index (κ1) is 16.4. The van der Waals surface area contributed by atoms with Gasteiger partial charge in [0.15, 0.2) is 0 Å². The number of hydrogen-bond acceptors (Lipinski definition) is 4. The summed E-state index contributed by atoms with van der Waals surface area (Å²) in [5.41, 5.74) is 2.59. The van der Waals surface area contributed by atoms with Gasteiger partial charge in [-0.25, -0.2) is 4.98 Å². The maximum atomic E-state index is 12.5. The van der Waals surface area contributed by atoms with Crippen molar-refractivity contribution in [1.29, 1.82) is 0 Å². The topological polar surface area (TPSA) is 75.9 Å². The smallest absolute Gasteiger partial charge is 0.279 e. The molecule has 0 amide bonds. The summed E-state index contributed by atoms with van der Waals surface area (Å²) in [7, 11) is -3.54. The lowest BCUT2D eigenvalue weighted by molar-refractivity contribution is -0.0444. The van der Waals surface area contributed by atoms with Gasteiger partial charge in [-0.05, 0) is 32.4 Å². The molecule has 2 atom stereocenters. The highest BCUT2D eigenvalue weighted by atomic mass is 32.2. The van der Waals surface area contributed by atoms with E-state index in [1.165, 1.54) is 4.31 Å². The molecule has 23 heavy (non-hydrogen) atoms. The van der Waals surface area contributed by atoms with Crippen molar-refractivity contribution in [3.63, 3.8) is 0 Å². The summed E-state index contributed by atoms with van der Waals surface area (Å²) < 4.78 is 36.5. The Morgan fingerprint density at radius 2 is 2.04 bits per heavy atom. The highest BCUT2D eigenvalue weighted by Crippen LogP contribution is 2.14. The number of fused-ring (bicyclic) bond motifs is 1. The van der Waals surface area contributed by atoms with Crippen molar-refractivity contribution < 1.29 is 13.2 Å². The minimum absolute atomic E-state index is 0.104. The Labute approximate surface area is 136 Å². The predicted octanol–water partition coefficient (Wildman–Crippen LogP) is 1.09. The summed E-state index contributed by atoms with van der Waals surface area (Å²) in [6.07, 6.45) is 3.54. The van der Waals surface area contributed by atoms with Crippen LogP contribution in [-0.2, 0) is 21.5 Å². The number of aryl methyl sites for hydroxylation is 1. The van der Waals surface area contributed by atoms with Gasteiger partial charge in [0.25, 0.3) is 10.2 Å². The molecule has 8 heteroatoms. The van der Waals surface area contributed by atoms with E-state index in [-0.39, 0.29) is 18.8 Å². The van der Waals surface area contributed by atoms with Crippen molar-refractivity contribution in [1.82, 2.24) is 18.4 Å². The van der Waals surface area contributed by atoms with Crippen molar-refractivity contribution in [2.45, 2.75) is 39.5 Å². The van der Waals surface area contributed by atoms with Gasteiger partial charge in [0, 0.05) is 25.5 Å². The van der Waals surface area contributed by atoms with E-state index in [0.29, 0.717) is 18.8 Å². The van der Waals surface area contributed by atoms with Gasteiger partial charge in [0.1, 0.15) is 5.65 Å². The number of nitrogens with one attached hydrogen (secondary N) is 1. The monoisotopic (exact) mass is 338 g/mol. The number of rotatable bonds is 4. The van der Waals surface area contributed by atoms with Gasteiger partial charge in [-0.15, -0.1) is 0 Å². The third-order valence-corrected chi connectivity index (χ3v) is 5.38. The Kier molecular flexibility index (Phi) is 4.41. The third-order valence-electron chi connectivity index (χ3n) is 3.89. The lowest BCUT2D eigenvalue weighted by atomic mass is 10.3. The molecule has 2 aromatic heterocycles. The molecule has 0 spiro atoms. The first-order valence-electron chi connectivity index (χ1n) is 7.68. The number of hydrogen-bond donors (Lipinski definition) is 1. The summed E-state index contributed by atoms with van der Waals surface area (Å²) in [5, 5.41) is 0. The summed E-state index contributed by atoms with van der Waals surface area (Å²) in [6, 6.07) is 3.92. The summed E-state index contributed by atoms with van der Waals surface area (Å²) in [5.74, 6) is 0. The molecule has 0 aromatic carbocycles. The van der Waals surface area contributed by atoms with Crippen molar-refractivity contribution in [2.24, 2.45) is 0 Å². The van der Waals surface area contributed by atoms with Crippen LogP contribution in [0.4, 0.5) is 0 Å². The molecular weight excluding hydrogens is 316 g/mol. The van der Waals surface area contributed by atoms with E-state index in [4.69, 9.17) is 4.74 Å². The minimum Gasteiger partial charge on any atom is -0.373 e. The van der Waals surface area contributed by atoms with Crippen LogP contribution in [0, 0.1) is 6.92 Å². The van der Waals surface area contributed by atoms with E-state index in [9.17, 15) is 8.42 Å². The number of aromatic nitrogens is 2. The zero-order chi connectivity index (χ0) is 16.6. The van der Waals surface area contributed by atoms with E-state index >= 15 is 0 Å². The number of nitrogens with zero attached hydrogens (tertiary/aromatic N) is 3. The fourth-order valence-corrected chi connectivity index (χ4v) is 4.20. The molecule has 1 fully saturated rings. The van der Waals surface area contributed by atoms with Gasteiger partial charge < -0.3 is 9.14 Å². The van der Waals surface area contributed by atoms with E-state index in [0.717, 1.165) is 11.2 Å². The fourth-order valence-electron chi connectivity index (χ4n) is 2.87. The van der Waals surface area contributed by atoms with Crippen LogP contribution < -0.4 is 4.72 Å². The standard InChI is InChI=1S/C15H22N4O3S/c1-11-5-4-6-18-10-14(17-15(11)18)7-16-23(20,21)19-8-12(2)22-13(3)9-19/h4-6,10,12-13,16H,7-9H2,1-3H3. The Morgan fingerprint density at radius 1 is 1.35 bits per heavy atom. The molecule has 1 aliphatic rings. The van der Waals surface area contributed by atoms with Gasteiger partial charge in [0.05, 0.1) is 24.4 Å². The van der Waals surface area contributed by atoms with Gasteiger partial charge in [-0.1, -0.05) is 6.07 Å². The molecule has 0 bridgehead atoms. The third kappa shape index (κ3) is 3.55. The van der Waals surface area contributed by atoms with Crippen LogP contribution in [0.3, 0.4) is 0 Å². The summed E-state index contributed by atoms with van der Waals surface area (Å²) >= 11 is 0. The average molecular weight is 338 g/mol. The Morgan fingerprint density at radius 3 is 2.70 bits per heavy atom. The second-order valence-electron chi connectivity index (χ2n) is 6.05. The van der Waals surface area contributed by atoms with E-state index in [1.807, 2.05) is 49.7 Å². The average Bonchev–Trinajstić information content (AvgIpc) is 2.89. The second-order valence-corrected chi connectivity index (χ2v) is 7.81. The highest BCUT2D eigenvalue weighted by molar-refractivity contribution is 7.87. The van der Waals surface area contributed by atoms with Gasteiger partial charge in [0.2, 0.25) is 0 Å². The maximum Gasteiger partial charge on any atom is 0.279 e. The molecular formula is C15H22N4O3S. The van der Waals surface area contributed by atoms with Crippen molar-refractivity contribution >= 4 is 15.9 Å². The van der Waals surface area contributed by atoms with Crippen LogP contribution in [0.2, 0.25) is 0 Å². The molecule has 1 N–H and O–H groups in total. The fraction of sp³-hybridized carbons (Fsp3) is 0.533. The molecule has 1 saturated heterocycles. The maximum absolute atomic E-state index is 12.5. The molecule has 2 unspecified atom stereocenters. The molecule has 7 nitrogen and oxygen atoms in total. The quantitative estimate of drug-likeness (QED) is 0.905. The van der Waals surface area contributed by atoms with E-state index < -0.39 is 10.2 Å². The van der Waals surface area contributed by atoms with Crippen LogP contribution in [0.1, 0.15) is 25.1 Å². The van der Waals surface area contributed by atoms with E-state index in [2.05, 4.69) is 9.71 Å². The van der Waals surface area contributed by atoms with Crippen LogP contribution in [-0.4, -0.2) is 47.4 Å². The molecule has 0 aliphatic carbocycles. The normalized spacial score (nSPS) is 23.4. The Hall–Kier alpha value is -1.48. The lowest BCUT2D eigenvalue weighted by Gasteiger charge is -2.34. The van der Waals surface area contributed by atoms with Crippen molar-refractivity contribution in [3.05, 3.63) is 35.8 Å². The van der Waals surface area contributed by atoms with Gasteiger partial charge >= 0.3 is 0 Å². The molecule has 3 rings (SSSR count). The van der Waals surface area contributed by atoms with Crippen LogP contribution in [0.25, 0.3) is 5.65 Å². The van der Waals surface area contributed by atoms with Gasteiger partial charge in [-0.2, -0.15) is 17.4 Å². The molecule has 126 valence electrons. The number of morpholine rings is 1. The zero-order valence-corrected chi connectivity index (χ0v) is 14.4. The first-order chi connectivity index (χ1) is 10.8. The number of ether oxygens (including phenoxy) is 1. The molecule has 0 saturated carbocycles. The lowest BCUT2D eigenvalue weighted by Crippen LogP contribution is -2.51. The highest BCUT2D eigenvalue weighted by Gasteiger charge is 2.30. The largest absolute Gasteiger partial charge is 0.373 e. The summed E-state index contributed by atoms with van der Waals surface area (Å²) in [6.45, 7) is 6.64. The van der Waals surface area contributed by atoms with Crippen LogP contribution in [0.15, 0.2) is 24.5 Å².